The predicted molar refractivity (Wildman–Crippen MR) is 70.3 cm³/mol. The van der Waals surface area contributed by atoms with E-state index in [0.29, 0.717) is 16.3 Å². The minimum absolute atomic E-state index is 0.384. The molecule has 1 aromatic rings. The summed E-state index contributed by atoms with van der Waals surface area (Å²) in [6.07, 6.45) is 3.59. The van der Waals surface area contributed by atoms with Gasteiger partial charge in [-0.3, -0.25) is 0 Å². The van der Waals surface area contributed by atoms with Crippen molar-refractivity contribution in [3.05, 3.63) is 17.3 Å². The molecule has 1 fully saturated rings. The van der Waals surface area contributed by atoms with E-state index in [1.165, 1.54) is 12.8 Å². The zero-order valence-electron chi connectivity index (χ0n) is 10.0. The van der Waals surface area contributed by atoms with Gasteiger partial charge >= 0.3 is 0 Å². The second-order valence-corrected chi connectivity index (χ2v) is 5.09. The summed E-state index contributed by atoms with van der Waals surface area (Å²) in [6.45, 7) is 1.72. The lowest BCUT2D eigenvalue weighted by Gasteiger charge is -2.16. The van der Waals surface area contributed by atoms with Gasteiger partial charge in [-0.25, -0.2) is 4.98 Å². The van der Waals surface area contributed by atoms with Gasteiger partial charge in [0.15, 0.2) is 0 Å². The monoisotopic (exact) mass is 255 g/mol. The molecule has 3 N–H and O–H groups in total. The fraction of sp³-hybridized carbons (Fsp3) is 0.583. The maximum absolute atomic E-state index is 5.85. The van der Waals surface area contributed by atoms with E-state index >= 15 is 0 Å². The molecule has 0 bridgehead atoms. The Balaban J connectivity index is 1.89. The van der Waals surface area contributed by atoms with Crippen molar-refractivity contribution >= 4 is 23.1 Å². The van der Waals surface area contributed by atoms with Crippen molar-refractivity contribution in [2.75, 3.05) is 31.3 Å². The first-order valence-corrected chi connectivity index (χ1v) is 6.17. The Labute approximate surface area is 107 Å². The normalized spacial score (nSPS) is 16.8. The molecule has 17 heavy (non-hydrogen) atoms. The number of nitrogens with one attached hydrogen (secondary N) is 1. The predicted octanol–water partition coefficient (Wildman–Crippen LogP) is 2.55. The molecule has 0 atom stereocenters. The maximum Gasteiger partial charge on any atom is 0.133 e. The van der Waals surface area contributed by atoms with E-state index in [4.69, 9.17) is 22.1 Å². The lowest BCUT2D eigenvalue weighted by atomic mass is 10.0. The van der Waals surface area contributed by atoms with E-state index in [9.17, 15) is 0 Å². The molecule has 0 unspecified atom stereocenters. The van der Waals surface area contributed by atoms with Crippen LogP contribution in [0.3, 0.4) is 0 Å². The van der Waals surface area contributed by atoms with Crippen molar-refractivity contribution < 1.29 is 4.74 Å². The van der Waals surface area contributed by atoms with Gasteiger partial charge in [-0.05, 0) is 30.7 Å². The van der Waals surface area contributed by atoms with Crippen LogP contribution in [0.2, 0.25) is 5.15 Å². The fourth-order valence-corrected chi connectivity index (χ4v) is 2.11. The molecule has 1 aliphatic rings. The fourth-order valence-electron chi connectivity index (χ4n) is 1.90. The van der Waals surface area contributed by atoms with Gasteiger partial charge in [-0.1, -0.05) is 11.6 Å². The molecule has 1 heterocycles. The summed E-state index contributed by atoms with van der Waals surface area (Å²) >= 11 is 5.85. The summed E-state index contributed by atoms with van der Waals surface area (Å²) in [4.78, 5) is 4.19. The quantitative estimate of drug-likeness (QED) is 0.767. The van der Waals surface area contributed by atoms with Crippen molar-refractivity contribution in [2.24, 2.45) is 5.41 Å². The van der Waals surface area contributed by atoms with Crippen LogP contribution in [-0.2, 0) is 4.74 Å². The summed E-state index contributed by atoms with van der Waals surface area (Å²) in [5.41, 5.74) is 6.73. The number of anilines is 2. The largest absolute Gasteiger partial charge is 0.399 e. The van der Waals surface area contributed by atoms with Crippen molar-refractivity contribution in [1.29, 1.82) is 0 Å². The Bertz CT molecular complexity index is 373. The van der Waals surface area contributed by atoms with Crippen molar-refractivity contribution in [3.63, 3.8) is 0 Å². The lowest BCUT2D eigenvalue weighted by molar-refractivity contribution is 0.175. The average molecular weight is 256 g/mol. The van der Waals surface area contributed by atoms with Gasteiger partial charge in [0.05, 0.1) is 0 Å². The van der Waals surface area contributed by atoms with Crippen LogP contribution in [0.15, 0.2) is 12.1 Å². The summed E-state index contributed by atoms with van der Waals surface area (Å²) in [7, 11) is 1.74. The van der Waals surface area contributed by atoms with Crippen LogP contribution in [0.25, 0.3) is 0 Å². The highest BCUT2D eigenvalue weighted by Gasteiger charge is 2.41. The molecule has 0 amide bonds. The molecule has 0 saturated heterocycles. The Morgan fingerprint density at radius 2 is 2.29 bits per heavy atom. The van der Waals surface area contributed by atoms with Crippen LogP contribution in [-0.4, -0.2) is 25.2 Å². The van der Waals surface area contributed by atoms with E-state index in [1.807, 2.05) is 0 Å². The molecular formula is C12H18ClN3O. The minimum atomic E-state index is 0.384. The third-order valence-corrected chi connectivity index (χ3v) is 3.45. The number of nitrogen functional groups attached to an aromatic ring is 1. The number of hydrogen-bond donors (Lipinski definition) is 2. The first-order chi connectivity index (χ1) is 8.13. The van der Waals surface area contributed by atoms with Gasteiger partial charge in [0.2, 0.25) is 0 Å². The molecule has 5 heteroatoms. The number of nitrogens with two attached hydrogens (primary N) is 1. The average Bonchev–Trinajstić information content (AvgIpc) is 3.03. The van der Waals surface area contributed by atoms with Gasteiger partial charge in [0, 0.05) is 32.0 Å². The standard InChI is InChI=1S/C12H18ClN3O/c1-17-5-4-12(2-3-12)8-15-11-7-9(14)6-10(13)16-11/h6-7H,2-5,8H2,1H3,(H3,14,15,16). The molecule has 1 aliphatic carbocycles. The lowest BCUT2D eigenvalue weighted by Crippen LogP contribution is -2.18. The van der Waals surface area contributed by atoms with Gasteiger partial charge in [0.25, 0.3) is 0 Å². The van der Waals surface area contributed by atoms with Crippen LogP contribution in [0.1, 0.15) is 19.3 Å². The molecule has 2 rings (SSSR count). The molecule has 94 valence electrons. The zero-order chi connectivity index (χ0) is 12.3. The summed E-state index contributed by atoms with van der Waals surface area (Å²) in [5, 5.41) is 3.73. The van der Waals surface area contributed by atoms with Crippen LogP contribution >= 0.6 is 11.6 Å². The number of halogens is 1. The second-order valence-electron chi connectivity index (χ2n) is 4.70. The number of methoxy groups -OCH3 is 1. The zero-order valence-corrected chi connectivity index (χ0v) is 10.8. The van der Waals surface area contributed by atoms with Crippen molar-refractivity contribution in [2.45, 2.75) is 19.3 Å². The number of pyridine rings is 1. The molecule has 0 radical (unpaired) electrons. The second kappa shape index (κ2) is 5.10. The molecule has 0 spiro atoms. The van der Waals surface area contributed by atoms with Crippen LogP contribution in [0.4, 0.5) is 11.5 Å². The van der Waals surface area contributed by atoms with Crippen molar-refractivity contribution in [1.82, 2.24) is 4.98 Å². The third-order valence-electron chi connectivity index (χ3n) is 3.25. The summed E-state index contributed by atoms with van der Waals surface area (Å²) < 4.78 is 5.12. The first kappa shape index (κ1) is 12.5. The Hall–Kier alpha value is -1.00. The third kappa shape index (κ3) is 3.48. The van der Waals surface area contributed by atoms with E-state index in [-0.39, 0.29) is 0 Å². The summed E-state index contributed by atoms with van der Waals surface area (Å²) in [6, 6.07) is 3.45. The van der Waals surface area contributed by atoms with E-state index in [0.717, 1.165) is 25.4 Å². The molecular weight excluding hydrogens is 238 g/mol. The molecule has 0 aliphatic heterocycles. The Kier molecular flexibility index (Phi) is 3.74. The SMILES string of the molecule is COCCC1(CNc2cc(N)cc(Cl)n2)CC1. The molecule has 4 nitrogen and oxygen atoms in total. The maximum atomic E-state index is 5.85. The van der Waals surface area contributed by atoms with E-state index in [2.05, 4.69) is 10.3 Å². The van der Waals surface area contributed by atoms with E-state index in [1.54, 1.807) is 19.2 Å². The highest BCUT2D eigenvalue weighted by Crippen LogP contribution is 2.48. The highest BCUT2D eigenvalue weighted by molar-refractivity contribution is 6.29. The number of rotatable bonds is 6. The highest BCUT2D eigenvalue weighted by atomic mass is 35.5. The number of aromatic nitrogens is 1. The van der Waals surface area contributed by atoms with Gasteiger partial charge in [-0.2, -0.15) is 0 Å². The topological polar surface area (TPSA) is 60.2 Å². The summed E-state index contributed by atoms with van der Waals surface area (Å²) in [5.74, 6) is 0.749. The molecule has 0 aromatic carbocycles. The van der Waals surface area contributed by atoms with E-state index < -0.39 is 0 Å². The van der Waals surface area contributed by atoms with Crippen LogP contribution in [0, 0.1) is 5.41 Å². The van der Waals surface area contributed by atoms with Gasteiger partial charge in [0.1, 0.15) is 11.0 Å². The van der Waals surface area contributed by atoms with Gasteiger partial charge in [-0.15, -0.1) is 0 Å². The number of hydrogen-bond acceptors (Lipinski definition) is 4. The first-order valence-electron chi connectivity index (χ1n) is 5.79. The van der Waals surface area contributed by atoms with Crippen molar-refractivity contribution in [3.8, 4) is 0 Å². The number of nitrogens with zero attached hydrogens (tertiary/aromatic N) is 1. The molecule has 1 saturated carbocycles. The Morgan fingerprint density at radius 1 is 1.53 bits per heavy atom. The molecule has 1 aromatic heterocycles. The Morgan fingerprint density at radius 3 is 2.88 bits per heavy atom. The minimum Gasteiger partial charge on any atom is -0.399 e. The van der Waals surface area contributed by atoms with Crippen LogP contribution < -0.4 is 11.1 Å². The number of ether oxygens (including phenoxy) is 1. The smallest absolute Gasteiger partial charge is 0.133 e. The van der Waals surface area contributed by atoms with Gasteiger partial charge < -0.3 is 15.8 Å². The van der Waals surface area contributed by atoms with Crippen LogP contribution in [0.5, 0.6) is 0 Å².